The van der Waals surface area contributed by atoms with Gasteiger partial charge in [0.15, 0.2) is 0 Å². The third kappa shape index (κ3) is 4.24. The molecule has 0 aliphatic heterocycles. The molecule has 0 unspecified atom stereocenters. The number of hydrogen-bond acceptors (Lipinski definition) is 2. The molecule has 0 aliphatic carbocycles. The van der Waals surface area contributed by atoms with Gasteiger partial charge in [-0.2, -0.15) is 0 Å². The highest BCUT2D eigenvalue weighted by molar-refractivity contribution is 5.89. The molecule has 0 saturated carbocycles. The van der Waals surface area contributed by atoms with Crippen LogP contribution in [-0.4, -0.2) is 11.5 Å². The summed E-state index contributed by atoms with van der Waals surface area (Å²) in [5.41, 5.74) is 4.96. The van der Waals surface area contributed by atoms with Gasteiger partial charge in [0.05, 0.1) is 5.52 Å². The van der Waals surface area contributed by atoms with Crippen molar-refractivity contribution in [2.24, 2.45) is 0 Å². The number of benzene rings is 2. The van der Waals surface area contributed by atoms with Gasteiger partial charge in [-0.05, 0) is 35.1 Å². The van der Waals surface area contributed by atoms with Gasteiger partial charge in [-0.1, -0.05) is 83.0 Å². The Hall–Kier alpha value is -2.35. The zero-order chi connectivity index (χ0) is 18.6. The number of unbranched alkanes of at least 4 members (excludes halogenated alkanes) is 2. The number of aromatic nitrogens is 1. The Morgan fingerprint density at radius 2 is 1.65 bits per heavy atom. The Morgan fingerprint density at radius 1 is 0.923 bits per heavy atom. The number of para-hydroxylation sites is 1. The van der Waals surface area contributed by atoms with E-state index in [2.05, 4.69) is 81.5 Å². The van der Waals surface area contributed by atoms with Crippen LogP contribution in [-0.2, 0) is 5.41 Å². The van der Waals surface area contributed by atoms with E-state index in [4.69, 9.17) is 4.98 Å². The zero-order valence-corrected chi connectivity index (χ0v) is 16.5. The van der Waals surface area contributed by atoms with Gasteiger partial charge in [0, 0.05) is 17.5 Å². The van der Waals surface area contributed by atoms with Crippen molar-refractivity contribution in [1.82, 2.24) is 4.98 Å². The largest absolute Gasteiger partial charge is 0.370 e. The lowest BCUT2D eigenvalue weighted by molar-refractivity contribution is 0.590. The lowest BCUT2D eigenvalue weighted by Gasteiger charge is -2.19. The van der Waals surface area contributed by atoms with E-state index in [1.54, 1.807) is 0 Å². The predicted octanol–water partition coefficient (Wildman–Crippen LogP) is 6.80. The molecular formula is C24H30N2. The molecule has 2 nitrogen and oxygen atoms in total. The minimum Gasteiger partial charge on any atom is -0.370 e. The third-order valence-electron chi connectivity index (χ3n) is 4.86. The molecule has 1 heterocycles. The Morgan fingerprint density at radius 3 is 2.35 bits per heavy atom. The quantitative estimate of drug-likeness (QED) is 0.496. The van der Waals surface area contributed by atoms with Crippen LogP contribution in [0, 0.1) is 0 Å². The fraction of sp³-hybridized carbons (Fsp3) is 0.375. The first kappa shape index (κ1) is 18.4. The summed E-state index contributed by atoms with van der Waals surface area (Å²) in [4.78, 5) is 4.91. The predicted molar refractivity (Wildman–Crippen MR) is 114 cm³/mol. The summed E-state index contributed by atoms with van der Waals surface area (Å²) in [7, 11) is 0. The average Bonchev–Trinajstić information content (AvgIpc) is 2.64. The summed E-state index contributed by atoms with van der Waals surface area (Å²) < 4.78 is 0. The molecule has 1 aromatic heterocycles. The molecule has 0 bridgehead atoms. The van der Waals surface area contributed by atoms with Crippen molar-refractivity contribution in [1.29, 1.82) is 0 Å². The van der Waals surface area contributed by atoms with Gasteiger partial charge in [-0.15, -0.1) is 0 Å². The molecule has 0 amide bonds. The first-order valence-electron chi connectivity index (χ1n) is 9.73. The number of nitrogens with one attached hydrogen (secondary N) is 1. The highest BCUT2D eigenvalue weighted by atomic mass is 15.0. The molecule has 0 fully saturated rings. The summed E-state index contributed by atoms with van der Waals surface area (Å²) in [6.07, 6.45) is 3.65. The number of rotatable bonds is 6. The van der Waals surface area contributed by atoms with Gasteiger partial charge in [0.1, 0.15) is 5.82 Å². The summed E-state index contributed by atoms with van der Waals surface area (Å²) in [6.45, 7) is 9.95. The average molecular weight is 347 g/mol. The summed E-state index contributed by atoms with van der Waals surface area (Å²) >= 11 is 0. The standard InChI is InChI=1S/C24H30N2/c1-5-6-9-16-25-23-21(17-19-10-7-8-11-22(19)26-23)18-12-14-20(15-13-18)24(2,3)4/h7-8,10-15,17H,5-6,9,16H2,1-4H3,(H,25,26). The molecule has 3 aromatic rings. The Bertz CT molecular complexity index is 858. The first-order valence-corrected chi connectivity index (χ1v) is 9.73. The van der Waals surface area contributed by atoms with Crippen LogP contribution >= 0.6 is 0 Å². The molecule has 2 aromatic carbocycles. The lowest BCUT2D eigenvalue weighted by Crippen LogP contribution is -2.10. The van der Waals surface area contributed by atoms with E-state index in [-0.39, 0.29) is 5.41 Å². The van der Waals surface area contributed by atoms with Crippen molar-refractivity contribution in [3.8, 4) is 11.1 Å². The van der Waals surface area contributed by atoms with Gasteiger partial charge in [0.2, 0.25) is 0 Å². The van der Waals surface area contributed by atoms with Gasteiger partial charge >= 0.3 is 0 Å². The van der Waals surface area contributed by atoms with Crippen LogP contribution in [0.15, 0.2) is 54.6 Å². The van der Waals surface area contributed by atoms with Gasteiger partial charge in [-0.3, -0.25) is 0 Å². The summed E-state index contributed by atoms with van der Waals surface area (Å²) in [5.74, 6) is 0.989. The summed E-state index contributed by atoms with van der Waals surface area (Å²) in [6, 6.07) is 19.5. The Balaban J connectivity index is 1.99. The van der Waals surface area contributed by atoms with Gasteiger partial charge in [0.25, 0.3) is 0 Å². The molecule has 0 atom stereocenters. The molecule has 0 saturated heterocycles. The molecule has 1 N–H and O–H groups in total. The van der Waals surface area contributed by atoms with Crippen LogP contribution in [0.5, 0.6) is 0 Å². The van der Waals surface area contributed by atoms with Crippen LogP contribution in [0.3, 0.4) is 0 Å². The maximum absolute atomic E-state index is 4.91. The van der Waals surface area contributed by atoms with Crippen molar-refractivity contribution in [3.05, 3.63) is 60.2 Å². The van der Waals surface area contributed by atoms with Crippen LogP contribution in [0.25, 0.3) is 22.0 Å². The Labute approximate surface area is 157 Å². The molecule has 26 heavy (non-hydrogen) atoms. The molecule has 136 valence electrons. The molecule has 0 aliphatic rings. The zero-order valence-electron chi connectivity index (χ0n) is 16.5. The second-order valence-electron chi connectivity index (χ2n) is 8.04. The molecule has 2 heteroatoms. The topological polar surface area (TPSA) is 24.9 Å². The molecule has 0 radical (unpaired) electrons. The van der Waals surface area contributed by atoms with Crippen LogP contribution < -0.4 is 5.32 Å². The number of nitrogens with zero attached hydrogens (tertiary/aromatic N) is 1. The van der Waals surface area contributed by atoms with E-state index in [1.807, 2.05) is 6.07 Å². The smallest absolute Gasteiger partial charge is 0.134 e. The Kier molecular flexibility index (Phi) is 5.61. The van der Waals surface area contributed by atoms with Crippen molar-refractivity contribution in [3.63, 3.8) is 0 Å². The molecule has 3 rings (SSSR count). The highest BCUT2D eigenvalue weighted by Gasteiger charge is 2.14. The number of anilines is 1. The van der Waals surface area contributed by atoms with Crippen molar-refractivity contribution in [2.45, 2.75) is 52.4 Å². The first-order chi connectivity index (χ1) is 12.5. The van der Waals surface area contributed by atoms with Crippen LogP contribution in [0.1, 0.15) is 52.5 Å². The second-order valence-corrected chi connectivity index (χ2v) is 8.04. The molecular weight excluding hydrogens is 316 g/mol. The van der Waals surface area contributed by atoms with Crippen molar-refractivity contribution in [2.75, 3.05) is 11.9 Å². The highest BCUT2D eigenvalue weighted by Crippen LogP contribution is 2.32. The fourth-order valence-corrected chi connectivity index (χ4v) is 3.20. The maximum atomic E-state index is 4.91. The van der Waals surface area contributed by atoms with E-state index < -0.39 is 0 Å². The fourth-order valence-electron chi connectivity index (χ4n) is 3.20. The van der Waals surface area contributed by atoms with E-state index in [0.29, 0.717) is 0 Å². The van der Waals surface area contributed by atoms with Crippen LogP contribution in [0.4, 0.5) is 5.82 Å². The van der Waals surface area contributed by atoms with E-state index in [0.717, 1.165) is 17.9 Å². The lowest BCUT2D eigenvalue weighted by atomic mass is 9.86. The molecule has 0 spiro atoms. The minimum atomic E-state index is 0.168. The second kappa shape index (κ2) is 7.90. The third-order valence-corrected chi connectivity index (χ3v) is 4.86. The van der Waals surface area contributed by atoms with E-state index in [9.17, 15) is 0 Å². The van der Waals surface area contributed by atoms with Crippen molar-refractivity contribution >= 4 is 16.7 Å². The summed E-state index contributed by atoms with van der Waals surface area (Å²) in [5, 5.41) is 4.75. The van der Waals surface area contributed by atoms with Gasteiger partial charge in [-0.25, -0.2) is 4.98 Å². The van der Waals surface area contributed by atoms with Crippen LogP contribution in [0.2, 0.25) is 0 Å². The van der Waals surface area contributed by atoms with Crippen molar-refractivity contribution < 1.29 is 0 Å². The maximum Gasteiger partial charge on any atom is 0.134 e. The number of fused-ring (bicyclic) bond motifs is 1. The minimum absolute atomic E-state index is 0.168. The van der Waals surface area contributed by atoms with Gasteiger partial charge < -0.3 is 5.32 Å². The van der Waals surface area contributed by atoms with E-state index in [1.165, 1.54) is 41.3 Å². The SMILES string of the molecule is CCCCCNc1nc2ccccc2cc1-c1ccc(C(C)(C)C)cc1. The number of pyridine rings is 1. The normalized spacial score (nSPS) is 11.7. The monoisotopic (exact) mass is 346 g/mol. The van der Waals surface area contributed by atoms with E-state index >= 15 is 0 Å². The number of hydrogen-bond donors (Lipinski definition) is 1.